The van der Waals surface area contributed by atoms with Crippen LogP contribution in [0.3, 0.4) is 0 Å². The molecule has 0 fully saturated rings. The Kier molecular flexibility index (Phi) is 5.54. The third-order valence-electron chi connectivity index (χ3n) is 5.83. The van der Waals surface area contributed by atoms with Crippen molar-refractivity contribution in [1.82, 2.24) is 9.55 Å². The number of halogens is 1. The molecule has 0 atom stereocenters. The molecule has 0 saturated heterocycles. The van der Waals surface area contributed by atoms with Crippen LogP contribution in [0.2, 0.25) is 0 Å². The molecular formula is C24H28BrN3O. The van der Waals surface area contributed by atoms with Crippen LogP contribution < -0.4 is 4.90 Å². The molecule has 2 aromatic heterocycles. The van der Waals surface area contributed by atoms with E-state index in [0.29, 0.717) is 0 Å². The first-order chi connectivity index (χ1) is 13.9. The summed E-state index contributed by atoms with van der Waals surface area (Å²) in [7, 11) is 0. The average molecular weight is 454 g/mol. The number of nitrogens with zero attached hydrogens (tertiary/aromatic N) is 3. The van der Waals surface area contributed by atoms with Crippen LogP contribution in [0, 0.1) is 27.7 Å². The molecule has 5 heteroatoms. The van der Waals surface area contributed by atoms with Crippen LogP contribution in [-0.4, -0.2) is 34.4 Å². The van der Waals surface area contributed by atoms with Gasteiger partial charge in [-0.3, -0.25) is 0 Å². The van der Waals surface area contributed by atoms with Crippen LogP contribution in [0.25, 0.3) is 16.7 Å². The van der Waals surface area contributed by atoms with Gasteiger partial charge < -0.3 is 14.6 Å². The first kappa shape index (κ1) is 20.2. The van der Waals surface area contributed by atoms with E-state index in [1.54, 1.807) is 0 Å². The van der Waals surface area contributed by atoms with Gasteiger partial charge in [0.1, 0.15) is 5.65 Å². The Morgan fingerprint density at radius 2 is 1.79 bits per heavy atom. The smallest absolute Gasteiger partial charge is 0.147 e. The van der Waals surface area contributed by atoms with Crippen molar-refractivity contribution in [2.45, 2.75) is 40.5 Å². The van der Waals surface area contributed by atoms with E-state index in [1.807, 2.05) is 0 Å². The van der Waals surface area contributed by atoms with Gasteiger partial charge in [0, 0.05) is 41.4 Å². The normalized spacial score (nSPS) is 14.6. The second kappa shape index (κ2) is 7.96. The van der Waals surface area contributed by atoms with E-state index in [2.05, 4.69) is 83.6 Å². The second-order valence-electron chi connectivity index (χ2n) is 8.08. The molecule has 3 aromatic rings. The van der Waals surface area contributed by atoms with Gasteiger partial charge in [-0.2, -0.15) is 0 Å². The Bertz CT molecular complexity index is 1090. The van der Waals surface area contributed by atoms with Crippen molar-refractivity contribution < 1.29 is 5.11 Å². The van der Waals surface area contributed by atoms with Crippen molar-refractivity contribution in [1.29, 1.82) is 0 Å². The monoisotopic (exact) mass is 453 g/mol. The van der Waals surface area contributed by atoms with Crippen molar-refractivity contribution in [3.8, 4) is 5.69 Å². The van der Waals surface area contributed by atoms with Crippen molar-refractivity contribution >= 4 is 32.7 Å². The maximum atomic E-state index is 9.22. The lowest BCUT2D eigenvalue weighted by molar-refractivity contribution is 0.297. The van der Waals surface area contributed by atoms with E-state index in [0.717, 1.165) is 41.7 Å². The fourth-order valence-electron chi connectivity index (χ4n) is 4.52. The SMILES string of the molecule is Cc1cc(N2CC=C(CCO)CC2)c2c(C)cn(-c3c(C)cc(Br)cc3C)c2n1. The minimum Gasteiger partial charge on any atom is -0.396 e. The van der Waals surface area contributed by atoms with E-state index in [1.165, 1.54) is 39.0 Å². The van der Waals surface area contributed by atoms with E-state index in [-0.39, 0.29) is 6.61 Å². The van der Waals surface area contributed by atoms with Gasteiger partial charge in [-0.05, 0) is 75.4 Å². The van der Waals surface area contributed by atoms with Crippen molar-refractivity contribution in [3.05, 3.63) is 62.9 Å². The van der Waals surface area contributed by atoms with Gasteiger partial charge in [0.15, 0.2) is 0 Å². The number of pyridine rings is 1. The van der Waals surface area contributed by atoms with Crippen LogP contribution in [0.1, 0.15) is 35.2 Å². The molecule has 4 rings (SSSR count). The summed E-state index contributed by atoms with van der Waals surface area (Å²) in [6.45, 7) is 10.7. The Hall–Kier alpha value is -2.11. The summed E-state index contributed by atoms with van der Waals surface area (Å²) >= 11 is 3.61. The van der Waals surface area contributed by atoms with Crippen LogP contribution in [0.5, 0.6) is 0 Å². The number of benzene rings is 1. The highest BCUT2D eigenvalue weighted by Crippen LogP contribution is 2.36. The second-order valence-corrected chi connectivity index (χ2v) is 9.00. The highest BCUT2D eigenvalue weighted by atomic mass is 79.9. The molecule has 0 amide bonds. The summed E-state index contributed by atoms with van der Waals surface area (Å²) in [6.07, 6.45) is 6.29. The number of rotatable bonds is 4. The Balaban J connectivity index is 1.86. The third kappa shape index (κ3) is 3.74. The Morgan fingerprint density at radius 1 is 1.07 bits per heavy atom. The minimum atomic E-state index is 0.234. The summed E-state index contributed by atoms with van der Waals surface area (Å²) in [6, 6.07) is 6.54. The largest absolute Gasteiger partial charge is 0.396 e. The summed E-state index contributed by atoms with van der Waals surface area (Å²) in [5, 5.41) is 10.5. The first-order valence-corrected chi connectivity index (χ1v) is 11.0. The zero-order valence-electron chi connectivity index (χ0n) is 17.6. The zero-order valence-corrected chi connectivity index (χ0v) is 19.2. The fraction of sp³-hybridized carbons (Fsp3) is 0.375. The number of aliphatic hydroxyl groups excluding tert-OH is 1. The van der Waals surface area contributed by atoms with E-state index >= 15 is 0 Å². The lowest BCUT2D eigenvalue weighted by atomic mass is 10.0. The fourth-order valence-corrected chi connectivity index (χ4v) is 5.20. The highest BCUT2D eigenvalue weighted by Gasteiger charge is 2.21. The van der Waals surface area contributed by atoms with E-state index < -0.39 is 0 Å². The summed E-state index contributed by atoms with van der Waals surface area (Å²) in [4.78, 5) is 7.39. The van der Waals surface area contributed by atoms with Gasteiger partial charge in [-0.1, -0.05) is 27.6 Å². The Labute approximate surface area is 181 Å². The highest BCUT2D eigenvalue weighted by molar-refractivity contribution is 9.10. The molecule has 152 valence electrons. The van der Waals surface area contributed by atoms with Gasteiger partial charge in [0.25, 0.3) is 0 Å². The van der Waals surface area contributed by atoms with Gasteiger partial charge in [-0.15, -0.1) is 0 Å². The van der Waals surface area contributed by atoms with Crippen molar-refractivity contribution in [2.75, 3.05) is 24.6 Å². The number of aliphatic hydroxyl groups is 1. The maximum Gasteiger partial charge on any atom is 0.147 e. The average Bonchev–Trinajstić information content (AvgIpc) is 2.97. The molecule has 0 bridgehead atoms. The minimum absolute atomic E-state index is 0.234. The number of fused-ring (bicyclic) bond motifs is 1. The third-order valence-corrected chi connectivity index (χ3v) is 6.28. The number of aryl methyl sites for hydroxylation is 4. The lowest BCUT2D eigenvalue weighted by Crippen LogP contribution is -2.29. The number of anilines is 1. The predicted molar refractivity (Wildman–Crippen MR) is 124 cm³/mol. The predicted octanol–water partition coefficient (Wildman–Crippen LogP) is 5.54. The number of aromatic nitrogens is 2. The van der Waals surface area contributed by atoms with Gasteiger partial charge in [-0.25, -0.2) is 4.98 Å². The zero-order chi connectivity index (χ0) is 20.7. The topological polar surface area (TPSA) is 41.3 Å². The van der Waals surface area contributed by atoms with Crippen molar-refractivity contribution in [2.24, 2.45) is 0 Å². The van der Waals surface area contributed by atoms with Crippen molar-refractivity contribution in [3.63, 3.8) is 0 Å². The molecule has 0 aliphatic carbocycles. The lowest BCUT2D eigenvalue weighted by Gasteiger charge is -2.29. The molecule has 29 heavy (non-hydrogen) atoms. The molecule has 1 aliphatic rings. The van der Waals surface area contributed by atoms with Gasteiger partial charge in [0.05, 0.1) is 11.4 Å². The van der Waals surface area contributed by atoms with Crippen LogP contribution >= 0.6 is 15.9 Å². The number of hydrogen-bond donors (Lipinski definition) is 1. The van der Waals surface area contributed by atoms with Crippen LogP contribution in [0.4, 0.5) is 5.69 Å². The number of hydrogen-bond acceptors (Lipinski definition) is 3. The summed E-state index contributed by atoms with van der Waals surface area (Å²) in [5.74, 6) is 0. The van der Waals surface area contributed by atoms with E-state index in [9.17, 15) is 5.11 Å². The van der Waals surface area contributed by atoms with E-state index in [4.69, 9.17) is 4.98 Å². The molecule has 3 heterocycles. The molecule has 1 aliphatic heterocycles. The van der Waals surface area contributed by atoms with Gasteiger partial charge >= 0.3 is 0 Å². The molecule has 0 saturated carbocycles. The Morgan fingerprint density at radius 3 is 2.41 bits per heavy atom. The quantitative estimate of drug-likeness (QED) is 0.527. The molecule has 1 aromatic carbocycles. The molecule has 4 nitrogen and oxygen atoms in total. The molecule has 0 spiro atoms. The van der Waals surface area contributed by atoms with Crippen LogP contribution in [0.15, 0.2) is 40.5 Å². The standard InChI is InChI=1S/C24H28BrN3O/c1-15-11-20(25)12-16(2)23(15)28-14-17(3)22-21(13-18(4)26-24(22)28)27-8-5-19(6-9-27)7-10-29/h5,11-14,29H,6-10H2,1-4H3. The first-order valence-electron chi connectivity index (χ1n) is 10.2. The summed E-state index contributed by atoms with van der Waals surface area (Å²) < 4.78 is 3.36. The summed E-state index contributed by atoms with van der Waals surface area (Å²) in [5.41, 5.74) is 9.59. The molecule has 1 N–H and O–H groups in total. The molecule has 0 unspecified atom stereocenters. The maximum absolute atomic E-state index is 9.22. The molecular weight excluding hydrogens is 426 g/mol. The van der Waals surface area contributed by atoms with Gasteiger partial charge in [0.2, 0.25) is 0 Å². The molecule has 0 radical (unpaired) electrons. The van der Waals surface area contributed by atoms with Crippen LogP contribution in [-0.2, 0) is 0 Å².